The maximum atomic E-state index is 13.1. The van der Waals surface area contributed by atoms with E-state index in [1.165, 1.54) is 45.3 Å². The number of hydrogen-bond donors (Lipinski definition) is 1. The molecule has 0 bridgehead atoms. The van der Waals surface area contributed by atoms with E-state index >= 15 is 0 Å². The Hall–Kier alpha value is -0.930. The monoisotopic (exact) mass is 264 g/mol. The van der Waals surface area contributed by atoms with Crippen LogP contribution in [0, 0.1) is 12.7 Å². The first-order valence-electron chi connectivity index (χ1n) is 7.44. The van der Waals surface area contributed by atoms with Gasteiger partial charge in [-0.25, -0.2) is 4.39 Å². The number of nitrogens with one attached hydrogen (secondary N) is 1. The first-order chi connectivity index (χ1) is 9.25. The third kappa shape index (κ3) is 4.92. The van der Waals surface area contributed by atoms with Crippen molar-refractivity contribution < 1.29 is 4.39 Å². The van der Waals surface area contributed by atoms with Gasteiger partial charge < -0.3 is 10.2 Å². The van der Waals surface area contributed by atoms with Gasteiger partial charge in [0.2, 0.25) is 0 Å². The molecular weight excluding hydrogens is 239 g/mol. The summed E-state index contributed by atoms with van der Waals surface area (Å²) in [4.78, 5) is 2.56. The second-order valence-electron chi connectivity index (χ2n) is 5.52. The van der Waals surface area contributed by atoms with E-state index in [1.54, 1.807) is 6.07 Å². The molecule has 1 fully saturated rings. The molecule has 2 rings (SSSR count). The highest BCUT2D eigenvalue weighted by molar-refractivity contribution is 5.23. The van der Waals surface area contributed by atoms with E-state index in [-0.39, 0.29) is 5.82 Å². The van der Waals surface area contributed by atoms with E-state index in [4.69, 9.17) is 0 Å². The molecule has 0 amide bonds. The molecule has 1 aliphatic rings. The number of benzene rings is 1. The Morgan fingerprint density at radius 3 is 2.74 bits per heavy atom. The van der Waals surface area contributed by atoms with Gasteiger partial charge in [0.15, 0.2) is 0 Å². The average molecular weight is 264 g/mol. The lowest BCUT2D eigenvalue weighted by Gasteiger charge is -2.26. The molecule has 1 aromatic carbocycles. The van der Waals surface area contributed by atoms with Crippen molar-refractivity contribution in [2.75, 3.05) is 26.2 Å². The Balaban J connectivity index is 1.59. The molecule has 1 aromatic rings. The second kappa shape index (κ2) is 7.61. The van der Waals surface area contributed by atoms with E-state index < -0.39 is 0 Å². The molecule has 0 spiro atoms. The van der Waals surface area contributed by atoms with Gasteiger partial charge in [-0.3, -0.25) is 0 Å². The van der Waals surface area contributed by atoms with Crippen molar-refractivity contribution in [3.05, 3.63) is 35.1 Å². The molecule has 2 nitrogen and oxygen atoms in total. The molecule has 0 atom stereocenters. The largest absolute Gasteiger partial charge is 0.313 e. The van der Waals surface area contributed by atoms with Crippen LogP contribution < -0.4 is 5.32 Å². The Morgan fingerprint density at radius 2 is 2.00 bits per heavy atom. The maximum Gasteiger partial charge on any atom is 0.126 e. The SMILES string of the molecule is Cc1cc(CNCCCN2CCCCC2)ccc1F. The molecule has 1 saturated heterocycles. The second-order valence-corrected chi connectivity index (χ2v) is 5.52. The minimum absolute atomic E-state index is 0.117. The topological polar surface area (TPSA) is 15.3 Å². The van der Waals surface area contributed by atoms with Gasteiger partial charge in [-0.1, -0.05) is 18.6 Å². The lowest BCUT2D eigenvalue weighted by molar-refractivity contribution is 0.225. The van der Waals surface area contributed by atoms with Crippen LogP contribution in [0.15, 0.2) is 18.2 Å². The number of rotatable bonds is 6. The molecule has 1 N–H and O–H groups in total. The van der Waals surface area contributed by atoms with Crippen LogP contribution in [0.25, 0.3) is 0 Å². The molecule has 0 aromatic heterocycles. The van der Waals surface area contributed by atoms with Crippen LogP contribution in [-0.4, -0.2) is 31.1 Å². The smallest absolute Gasteiger partial charge is 0.126 e. The van der Waals surface area contributed by atoms with Gasteiger partial charge in [-0.2, -0.15) is 0 Å². The summed E-state index contributed by atoms with van der Waals surface area (Å²) < 4.78 is 13.1. The fourth-order valence-electron chi connectivity index (χ4n) is 2.66. The van der Waals surface area contributed by atoms with E-state index in [2.05, 4.69) is 10.2 Å². The Kier molecular flexibility index (Phi) is 5.80. The molecule has 3 heteroatoms. The molecule has 1 aliphatic heterocycles. The van der Waals surface area contributed by atoms with Crippen LogP contribution >= 0.6 is 0 Å². The highest BCUT2D eigenvalue weighted by Crippen LogP contribution is 2.10. The fourth-order valence-corrected chi connectivity index (χ4v) is 2.66. The van der Waals surface area contributed by atoms with Crippen molar-refractivity contribution in [3.63, 3.8) is 0 Å². The Bertz CT molecular complexity index is 386. The molecule has 0 radical (unpaired) electrons. The van der Waals surface area contributed by atoms with Gasteiger partial charge in [0.25, 0.3) is 0 Å². The first kappa shape index (κ1) is 14.5. The summed E-state index contributed by atoms with van der Waals surface area (Å²) in [6.07, 6.45) is 5.32. The van der Waals surface area contributed by atoms with Crippen LogP contribution in [-0.2, 0) is 6.54 Å². The number of likely N-dealkylation sites (tertiary alicyclic amines) is 1. The maximum absolute atomic E-state index is 13.1. The van der Waals surface area contributed by atoms with Crippen molar-refractivity contribution in [2.45, 2.75) is 39.2 Å². The number of halogens is 1. The molecule has 1 heterocycles. The molecule has 0 saturated carbocycles. The minimum Gasteiger partial charge on any atom is -0.313 e. The van der Waals surface area contributed by atoms with Crippen molar-refractivity contribution in [2.24, 2.45) is 0 Å². The van der Waals surface area contributed by atoms with Gasteiger partial charge in [0, 0.05) is 6.54 Å². The van der Waals surface area contributed by atoms with E-state index in [1.807, 2.05) is 19.1 Å². The Labute approximate surface area is 116 Å². The number of aryl methyl sites for hydroxylation is 1. The van der Waals surface area contributed by atoms with Gasteiger partial charge in [-0.05, 0) is 69.6 Å². The van der Waals surface area contributed by atoms with Crippen LogP contribution in [0.2, 0.25) is 0 Å². The molecule has 0 aliphatic carbocycles. The summed E-state index contributed by atoms with van der Waals surface area (Å²) in [5, 5.41) is 3.44. The van der Waals surface area contributed by atoms with Gasteiger partial charge >= 0.3 is 0 Å². The predicted molar refractivity (Wildman–Crippen MR) is 77.8 cm³/mol. The fraction of sp³-hybridized carbons (Fsp3) is 0.625. The normalized spacial score (nSPS) is 16.7. The summed E-state index contributed by atoms with van der Waals surface area (Å²) in [5.41, 5.74) is 1.89. The number of piperidine rings is 1. The van der Waals surface area contributed by atoms with E-state index in [9.17, 15) is 4.39 Å². The summed E-state index contributed by atoms with van der Waals surface area (Å²) in [6, 6.07) is 5.34. The predicted octanol–water partition coefficient (Wildman–Crippen LogP) is 3.10. The third-order valence-corrected chi connectivity index (χ3v) is 3.83. The lowest BCUT2D eigenvalue weighted by atomic mass is 10.1. The van der Waals surface area contributed by atoms with Gasteiger partial charge in [-0.15, -0.1) is 0 Å². The zero-order valence-electron chi connectivity index (χ0n) is 11.9. The molecule has 19 heavy (non-hydrogen) atoms. The van der Waals surface area contributed by atoms with Crippen molar-refractivity contribution in [1.29, 1.82) is 0 Å². The quantitative estimate of drug-likeness (QED) is 0.794. The van der Waals surface area contributed by atoms with Crippen LogP contribution in [0.4, 0.5) is 4.39 Å². The van der Waals surface area contributed by atoms with Crippen molar-refractivity contribution in [1.82, 2.24) is 10.2 Å². The van der Waals surface area contributed by atoms with Crippen LogP contribution in [0.1, 0.15) is 36.8 Å². The van der Waals surface area contributed by atoms with Gasteiger partial charge in [0.05, 0.1) is 0 Å². The standard InChI is InChI=1S/C16H25FN2/c1-14-12-15(6-7-16(14)17)13-18-8-5-11-19-9-3-2-4-10-19/h6-7,12,18H,2-5,8-11,13H2,1H3. The first-order valence-corrected chi connectivity index (χ1v) is 7.44. The van der Waals surface area contributed by atoms with Crippen molar-refractivity contribution >= 4 is 0 Å². The van der Waals surface area contributed by atoms with E-state index in [0.29, 0.717) is 0 Å². The van der Waals surface area contributed by atoms with Gasteiger partial charge in [0.1, 0.15) is 5.82 Å². The minimum atomic E-state index is -0.117. The van der Waals surface area contributed by atoms with Crippen LogP contribution in [0.3, 0.4) is 0 Å². The highest BCUT2D eigenvalue weighted by Gasteiger charge is 2.08. The summed E-state index contributed by atoms with van der Waals surface area (Å²) in [5.74, 6) is -0.117. The van der Waals surface area contributed by atoms with Crippen molar-refractivity contribution in [3.8, 4) is 0 Å². The highest BCUT2D eigenvalue weighted by atomic mass is 19.1. The zero-order chi connectivity index (χ0) is 13.5. The number of hydrogen-bond acceptors (Lipinski definition) is 2. The van der Waals surface area contributed by atoms with E-state index in [0.717, 1.165) is 24.2 Å². The summed E-state index contributed by atoms with van der Waals surface area (Å²) >= 11 is 0. The molecular formula is C16H25FN2. The van der Waals surface area contributed by atoms with Crippen LogP contribution in [0.5, 0.6) is 0 Å². The zero-order valence-corrected chi connectivity index (χ0v) is 11.9. The molecule has 0 unspecified atom stereocenters. The summed E-state index contributed by atoms with van der Waals surface area (Å²) in [7, 11) is 0. The number of nitrogens with zero attached hydrogens (tertiary/aromatic N) is 1. The average Bonchev–Trinajstić information content (AvgIpc) is 2.43. The summed E-state index contributed by atoms with van der Waals surface area (Å²) in [6.45, 7) is 7.44. The third-order valence-electron chi connectivity index (χ3n) is 3.83. The molecule has 106 valence electrons. The lowest BCUT2D eigenvalue weighted by Crippen LogP contribution is -2.32. The Morgan fingerprint density at radius 1 is 1.21 bits per heavy atom.